The lowest BCUT2D eigenvalue weighted by molar-refractivity contribution is 0.402. The Kier molecular flexibility index (Phi) is 2.46. The Bertz CT molecular complexity index is 605. The topological polar surface area (TPSA) is 29.9 Å². The number of aromatic nitrogens is 2. The maximum absolute atomic E-state index is 4.64. The van der Waals surface area contributed by atoms with Gasteiger partial charge in [-0.15, -0.1) is 0 Å². The summed E-state index contributed by atoms with van der Waals surface area (Å²) in [7, 11) is 2.03. The van der Waals surface area contributed by atoms with E-state index in [1.807, 2.05) is 11.7 Å². The Balaban J connectivity index is 1.46. The maximum atomic E-state index is 4.64. The number of benzene rings is 1. The second-order valence-corrected chi connectivity index (χ2v) is 6.33. The van der Waals surface area contributed by atoms with Gasteiger partial charge in [0.1, 0.15) is 0 Å². The normalized spacial score (nSPS) is 20.9. The van der Waals surface area contributed by atoms with Crippen LogP contribution in [0.15, 0.2) is 24.3 Å². The highest BCUT2D eigenvalue weighted by molar-refractivity contribution is 5.81. The SMILES string of the molecule is Cn1nc(CNCC2(C3CC3)CC2)c2ccccc21. The van der Waals surface area contributed by atoms with Gasteiger partial charge in [0, 0.05) is 25.5 Å². The fourth-order valence-electron chi connectivity index (χ4n) is 3.43. The first-order valence-electron chi connectivity index (χ1n) is 7.40. The molecular weight excluding hydrogens is 234 g/mol. The predicted molar refractivity (Wildman–Crippen MR) is 76.8 cm³/mol. The van der Waals surface area contributed by atoms with Crippen LogP contribution in [0.2, 0.25) is 0 Å². The molecule has 2 aliphatic carbocycles. The summed E-state index contributed by atoms with van der Waals surface area (Å²) in [5, 5.41) is 9.59. The molecular formula is C16H21N3. The summed E-state index contributed by atoms with van der Waals surface area (Å²) < 4.78 is 1.99. The molecule has 0 atom stereocenters. The molecule has 0 amide bonds. The number of nitrogens with zero attached hydrogens (tertiary/aromatic N) is 2. The van der Waals surface area contributed by atoms with Crippen LogP contribution < -0.4 is 5.32 Å². The van der Waals surface area contributed by atoms with Crippen LogP contribution in [0.3, 0.4) is 0 Å². The van der Waals surface area contributed by atoms with Crippen molar-refractivity contribution in [3.8, 4) is 0 Å². The molecule has 0 radical (unpaired) electrons. The molecule has 2 fully saturated rings. The smallest absolute Gasteiger partial charge is 0.0841 e. The Labute approximate surface area is 114 Å². The van der Waals surface area contributed by atoms with Crippen molar-refractivity contribution in [1.82, 2.24) is 15.1 Å². The first kappa shape index (κ1) is 11.5. The van der Waals surface area contributed by atoms with Gasteiger partial charge in [-0.05, 0) is 43.1 Å². The lowest BCUT2D eigenvalue weighted by Gasteiger charge is -2.14. The molecule has 0 unspecified atom stereocenters. The molecule has 1 aromatic carbocycles. The molecule has 0 bridgehead atoms. The van der Waals surface area contributed by atoms with Crippen molar-refractivity contribution >= 4 is 10.9 Å². The molecule has 0 saturated heterocycles. The third-order valence-electron chi connectivity index (χ3n) is 4.94. The van der Waals surface area contributed by atoms with E-state index in [1.54, 1.807) is 0 Å². The first-order chi connectivity index (χ1) is 9.28. The lowest BCUT2D eigenvalue weighted by Crippen LogP contribution is -2.25. The standard InChI is InChI=1S/C16H21N3/c1-19-15-5-3-2-4-13(15)14(18-19)10-17-11-16(8-9-16)12-6-7-12/h2-5,12,17H,6-11H2,1H3. The van der Waals surface area contributed by atoms with Crippen molar-refractivity contribution in [2.75, 3.05) is 6.54 Å². The largest absolute Gasteiger partial charge is 0.311 e. The van der Waals surface area contributed by atoms with Gasteiger partial charge >= 0.3 is 0 Å². The summed E-state index contributed by atoms with van der Waals surface area (Å²) in [5.41, 5.74) is 3.08. The second-order valence-electron chi connectivity index (χ2n) is 6.33. The minimum atomic E-state index is 0.671. The second kappa shape index (κ2) is 4.07. The van der Waals surface area contributed by atoms with Crippen LogP contribution in [0, 0.1) is 11.3 Å². The molecule has 100 valence electrons. The number of aryl methyl sites for hydroxylation is 1. The number of hydrogen-bond acceptors (Lipinski definition) is 2. The zero-order chi connectivity index (χ0) is 12.9. The Morgan fingerprint density at radius 3 is 2.84 bits per heavy atom. The molecule has 1 aromatic heterocycles. The Hall–Kier alpha value is -1.35. The highest BCUT2D eigenvalue weighted by Crippen LogP contribution is 2.60. The van der Waals surface area contributed by atoms with Gasteiger partial charge in [0.25, 0.3) is 0 Å². The predicted octanol–water partition coefficient (Wildman–Crippen LogP) is 2.85. The third-order valence-corrected chi connectivity index (χ3v) is 4.94. The van der Waals surface area contributed by atoms with E-state index in [9.17, 15) is 0 Å². The zero-order valence-electron chi connectivity index (χ0n) is 11.5. The molecule has 0 aliphatic heterocycles. The van der Waals surface area contributed by atoms with Crippen molar-refractivity contribution in [1.29, 1.82) is 0 Å². The fraction of sp³-hybridized carbons (Fsp3) is 0.562. The van der Waals surface area contributed by atoms with Crippen LogP contribution >= 0.6 is 0 Å². The van der Waals surface area contributed by atoms with Crippen LogP contribution in [0.25, 0.3) is 10.9 Å². The number of para-hydroxylation sites is 1. The van der Waals surface area contributed by atoms with Gasteiger partial charge in [0.15, 0.2) is 0 Å². The van der Waals surface area contributed by atoms with Gasteiger partial charge in [-0.1, -0.05) is 18.2 Å². The third kappa shape index (κ3) is 1.96. The molecule has 0 spiro atoms. The van der Waals surface area contributed by atoms with Crippen LogP contribution in [0.5, 0.6) is 0 Å². The van der Waals surface area contributed by atoms with Gasteiger partial charge in [-0.25, -0.2) is 0 Å². The fourth-order valence-corrected chi connectivity index (χ4v) is 3.43. The molecule has 1 N–H and O–H groups in total. The summed E-state index contributed by atoms with van der Waals surface area (Å²) >= 11 is 0. The van der Waals surface area contributed by atoms with E-state index in [0.717, 1.165) is 12.5 Å². The van der Waals surface area contributed by atoms with E-state index < -0.39 is 0 Å². The number of hydrogen-bond donors (Lipinski definition) is 1. The van der Waals surface area contributed by atoms with Gasteiger partial charge < -0.3 is 5.32 Å². The molecule has 2 saturated carbocycles. The number of fused-ring (bicyclic) bond motifs is 1. The van der Waals surface area contributed by atoms with Crippen LogP contribution in [0.4, 0.5) is 0 Å². The van der Waals surface area contributed by atoms with Gasteiger partial charge in [-0.2, -0.15) is 5.10 Å². The zero-order valence-corrected chi connectivity index (χ0v) is 11.5. The molecule has 2 aromatic rings. The summed E-state index contributed by atoms with van der Waals surface area (Å²) in [6, 6.07) is 8.49. The van der Waals surface area contributed by atoms with Gasteiger partial charge in [-0.3, -0.25) is 4.68 Å². The van der Waals surface area contributed by atoms with E-state index in [0.29, 0.717) is 5.41 Å². The number of nitrogens with one attached hydrogen (secondary N) is 1. The molecule has 2 aliphatic rings. The molecule has 1 heterocycles. The van der Waals surface area contributed by atoms with Crippen molar-refractivity contribution in [2.24, 2.45) is 18.4 Å². The summed E-state index contributed by atoms with van der Waals surface area (Å²) in [6.07, 6.45) is 5.81. The molecule has 19 heavy (non-hydrogen) atoms. The Morgan fingerprint density at radius 2 is 2.11 bits per heavy atom. The quantitative estimate of drug-likeness (QED) is 0.890. The van der Waals surface area contributed by atoms with Crippen LogP contribution in [-0.2, 0) is 13.6 Å². The molecule has 4 rings (SSSR count). The van der Waals surface area contributed by atoms with E-state index in [1.165, 1.54) is 48.8 Å². The van der Waals surface area contributed by atoms with Crippen LogP contribution in [0.1, 0.15) is 31.4 Å². The van der Waals surface area contributed by atoms with Gasteiger partial charge in [0.2, 0.25) is 0 Å². The highest BCUT2D eigenvalue weighted by Gasteiger charge is 2.53. The minimum absolute atomic E-state index is 0.671. The maximum Gasteiger partial charge on any atom is 0.0841 e. The molecule has 3 heteroatoms. The minimum Gasteiger partial charge on any atom is -0.311 e. The average molecular weight is 255 g/mol. The van der Waals surface area contributed by atoms with E-state index in [4.69, 9.17) is 0 Å². The summed E-state index contributed by atoms with van der Waals surface area (Å²) in [5.74, 6) is 1.03. The van der Waals surface area contributed by atoms with Crippen molar-refractivity contribution in [2.45, 2.75) is 32.2 Å². The molecule has 3 nitrogen and oxygen atoms in total. The first-order valence-corrected chi connectivity index (χ1v) is 7.40. The number of rotatable bonds is 5. The monoisotopic (exact) mass is 255 g/mol. The average Bonchev–Trinajstić information content (AvgIpc) is 3.31. The lowest BCUT2D eigenvalue weighted by atomic mass is 10.0. The van der Waals surface area contributed by atoms with Gasteiger partial charge in [0.05, 0.1) is 11.2 Å². The highest BCUT2D eigenvalue weighted by atomic mass is 15.3. The summed E-state index contributed by atoms with van der Waals surface area (Å²) in [6.45, 7) is 2.08. The van der Waals surface area contributed by atoms with Crippen molar-refractivity contribution in [3.05, 3.63) is 30.0 Å². The van der Waals surface area contributed by atoms with Crippen LogP contribution in [-0.4, -0.2) is 16.3 Å². The summed E-state index contributed by atoms with van der Waals surface area (Å²) in [4.78, 5) is 0. The van der Waals surface area contributed by atoms with E-state index >= 15 is 0 Å². The van der Waals surface area contributed by atoms with E-state index in [2.05, 4.69) is 34.7 Å². The van der Waals surface area contributed by atoms with Crippen molar-refractivity contribution < 1.29 is 0 Å². The van der Waals surface area contributed by atoms with Crippen molar-refractivity contribution in [3.63, 3.8) is 0 Å². The Morgan fingerprint density at radius 1 is 1.32 bits per heavy atom. The van der Waals surface area contributed by atoms with E-state index in [-0.39, 0.29) is 0 Å².